The minimum atomic E-state index is -0.922. The van der Waals surface area contributed by atoms with Crippen molar-refractivity contribution in [2.75, 3.05) is 13.7 Å². The van der Waals surface area contributed by atoms with Gasteiger partial charge in [-0.2, -0.15) is 0 Å². The lowest BCUT2D eigenvalue weighted by Crippen LogP contribution is -2.20. The molecule has 2 unspecified atom stereocenters. The number of benzene rings is 2. The fourth-order valence-corrected chi connectivity index (χ4v) is 2.37. The van der Waals surface area contributed by atoms with E-state index in [1.807, 2.05) is 24.3 Å². The van der Waals surface area contributed by atoms with E-state index >= 15 is 0 Å². The van der Waals surface area contributed by atoms with E-state index in [9.17, 15) is 9.50 Å². The van der Waals surface area contributed by atoms with Gasteiger partial charge >= 0.3 is 0 Å². The van der Waals surface area contributed by atoms with Crippen LogP contribution >= 0.6 is 11.6 Å². The van der Waals surface area contributed by atoms with Crippen molar-refractivity contribution in [3.8, 4) is 5.75 Å². The van der Waals surface area contributed by atoms with Crippen molar-refractivity contribution in [2.24, 2.45) is 5.73 Å². The highest BCUT2D eigenvalue weighted by atomic mass is 35.5. The Bertz CT molecular complexity index is 621. The first-order valence-corrected chi connectivity index (χ1v) is 6.91. The van der Waals surface area contributed by atoms with Crippen LogP contribution in [-0.2, 0) is 0 Å². The van der Waals surface area contributed by atoms with Gasteiger partial charge in [-0.05, 0) is 35.4 Å². The molecule has 0 amide bonds. The molecule has 5 heteroatoms. The maximum Gasteiger partial charge on any atom is 0.142 e. The third kappa shape index (κ3) is 3.53. The second-order valence-corrected chi connectivity index (χ2v) is 5.14. The molecule has 0 heterocycles. The summed E-state index contributed by atoms with van der Waals surface area (Å²) < 4.78 is 18.7. The van der Waals surface area contributed by atoms with Gasteiger partial charge in [-0.25, -0.2) is 4.39 Å². The van der Waals surface area contributed by atoms with Crippen LogP contribution in [0.5, 0.6) is 5.75 Å². The van der Waals surface area contributed by atoms with E-state index in [1.54, 1.807) is 13.2 Å². The largest absolute Gasteiger partial charge is 0.497 e. The SMILES string of the molecule is COc1cccc(C(CN)C(O)c2ccc(Cl)c(F)c2)c1. The van der Waals surface area contributed by atoms with E-state index in [0.29, 0.717) is 11.3 Å². The molecule has 3 N–H and O–H groups in total. The number of aliphatic hydroxyl groups is 1. The summed E-state index contributed by atoms with van der Waals surface area (Å²) in [5.74, 6) is -0.240. The standard InChI is InChI=1S/C16H17ClFNO2/c1-21-12-4-2-3-10(7-12)13(9-19)16(20)11-5-6-14(17)15(18)8-11/h2-8,13,16,20H,9,19H2,1H3. The average Bonchev–Trinajstić information content (AvgIpc) is 2.51. The van der Waals surface area contributed by atoms with Gasteiger partial charge in [-0.15, -0.1) is 0 Å². The van der Waals surface area contributed by atoms with E-state index in [2.05, 4.69) is 0 Å². The number of methoxy groups -OCH3 is 1. The molecular weight excluding hydrogens is 293 g/mol. The molecule has 0 saturated carbocycles. The van der Waals surface area contributed by atoms with Gasteiger partial charge in [-0.1, -0.05) is 29.8 Å². The van der Waals surface area contributed by atoms with E-state index in [-0.39, 0.29) is 17.5 Å². The number of rotatable bonds is 5. The molecule has 0 aromatic heterocycles. The zero-order valence-electron chi connectivity index (χ0n) is 11.6. The lowest BCUT2D eigenvalue weighted by atomic mass is 9.89. The zero-order chi connectivity index (χ0) is 15.4. The molecule has 0 aliphatic rings. The molecule has 21 heavy (non-hydrogen) atoms. The Morgan fingerprint density at radius 3 is 2.62 bits per heavy atom. The summed E-state index contributed by atoms with van der Waals surface area (Å²) in [7, 11) is 1.57. The van der Waals surface area contributed by atoms with Crippen LogP contribution in [0.2, 0.25) is 5.02 Å². The molecule has 112 valence electrons. The van der Waals surface area contributed by atoms with Gasteiger partial charge < -0.3 is 15.6 Å². The van der Waals surface area contributed by atoms with Crippen LogP contribution in [0.15, 0.2) is 42.5 Å². The molecule has 2 aromatic rings. The van der Waals surface area contributed by atoms with Crippen LogP contribution in [-0.4, -0.2) is 18.8 Å². The molecule has 0 radical (unpaired) electrons. The van der Waals surface area contributed by atoms with Crippen molar-refractivity contribution in [1.29, 1.82) is 0 Å². The van der Waals surface area contributed by atoms with E-state index < -0.39 is 11.9 Å². The molecule has 0 saturated heterocycles. The molecule has 0 spiro atoms. The third-order valence-corrected chi connectivity index (χ3v) is 3.75. The van der Waals surface area contributed by atoms with Crippen molar-refractivity contribution in [2.45, 2.75) is 12.0 Å². The number of aliphatic hydroxyl groups excluding tert-OH is 1. The van der Waals surface area contributed by atoms with Gasteiger partial charge in [0.05, 0.1) is 18.2 Å². The summed E-state index contributed by atoms with van der Waals surface area (Å²) in [6.07, 6.45) is -0.922. The van der Waals surface area contributed by atoms with Crippen LogP contribution in [0.25, 0.3) is 0 Å². The quantitative estimate of drug-likeness (QED) is 0.891. The molecule has 0 aliphatic heterocycles. The summed E-state index contributed by atoms with van der Waals surface area (Å²) in [5, 5.41) is 10.5. The second-order valence-electron chi connectivity index (χ2n) is 4.74. The maximum absolute atomic E-state index is 13.5. The van der Waals surface area contributed by atoms with Crippen LogP contribution in [0.3, 0.4) is 0 Å². The van der Waals surface area contributed by atoms with Crippen molar-refractivity contribution >= 4 is 11.6 Å². The summed E-state index contributed by atoms with van der Waals surface area (Å²) in [6, 6.07) is 11.6. The van der Waals surface area contributed by atoms with Gasteiger partial charge in [0.25, 0.3) is 0 Å². The first kappa shape index (κ1) is 15.8. The van der Waals surface area contributed by atoms with Crippen LogP contribution < -0.4 is 10.5 Å². The highest BCUT2D eigenvalue weighted by molar-refractivity contribution is 6.30. The Kier molecular flexibility index (Phi) is 5.17. The van der Waals surface area contributed by atoms with Crippen molar-refractivity contribution in [3.63, 3.8) is 0 Å². The van der Waals surface area contributed by atoms with Gasteiger partial charge in [0.2, 0.25) is 0 Å². The highest BCUT2D eigenvalue weighted by Gasteiger charge is 2.22. The van der Waals surface area contributed by atoms with Gasteiger partial charge in [0.15, 0.2) is 0 Å². The van der Waals surface area contributed by atoms with Gasteiger partial charge in [-0.3, -0.25) is 0 Å². The Morgan fingerprint density at radius 1 is 1.24 bits per heavy atom. The molecule has 0 aliphatic carbocycles. The maximum atomic E-state index is 13.5. The van der Waals surface area contributed by atoms with Crippen molar-refractivity contribution < 1.29 is 14.2 Å². The van der Waals surface area contributed by atoms with E-state index in [0.717, 1.165) is 5.56 Å². The van der Waals surface area contributed by atoms with E-state index in [4.69, 9.17) is 22.1 Å². The Morgan fingerprint density at radius 2 is 2.00 bits per heavy atom. The topological polar surface area (TPSA) is 55.5 Å². The first-order chi connectivity index (χ1) is 10.1. The fourth-order valence-electron chi connectivity index (χ4n) is 2.25. The predicted molar refractivity (Wildman–Crippen MR) is 81.2 cm³/mol. The fraction of sp³-hybridized carbons (Fsp3) is 0.250. The first-order valence-electron chi connectivity index (χ1n) is 6.54. The van der Waals surface area contributed by atoms with Crippen molar-refractivity contribution in [1.82, 2.24) is 0 Å². The van der Waals surface area contributed by atoms with Crippen LogP contribution in [0, 0.1) is 5.82 Å². The smallest absolute Gasteiger partial charge is 0.142 e. The molecule has 3 nitrogen and oxygen atoms in total. The number of nitrogens with two attached hydrogens (primary N) is 1. The molecule has 0 bridgehead atoms. The summed E-state index contributed by atoms with van der Waals surface area (Å²) in [6.45, 7) is 0.221. The van der Waals surface area contributed by atoms with Crippen molar-refractivity contribution in [3.05, 3.63) is 64.4 Å². The molecule has 0 fully saturated rings. The monoisotopic (exact) mass is 309 g/mol. The Labute approximate surface area is 128 Å². The van der Waals surface area contributed by atoms with Crippen LogP contribution in [0.4, 0.5) is 4.39 Å². The minimum Gasteiger partial charge on any atom is -0.497 e. The van der Waals surface area contributed by atoms with Gasteiger partial charge in [0.1, 0.15) is 11.6 Å². The summed E-state index contributed by atoms with van der Waals surface area (Å²) >= 11 is 5.66. The zero-order valence-corrected chi connectivity index (χ0v) is 12.3. The number of hydrogen-bond donors (Lipinski definition) is 2. The number of hydrogen-bond acceptors (Lipinski definition) is 3. The molecule has 2 aromatic carbocycles. The number of ether oxygens (including phenoxy) is 1. The average molecular weight is 310 g/mol. The predicted octanol–water partition coefficient (Wildman–Crippen LogP) is 3.26. The van der Waals surface area contributed by atoms with Crippen LogP contribution in [0.1, 0.15) is 23.1 Å². The summed E-state index contributed by atoms with van der Waals surface area (Å²) in [5.41, 5.74) is 7.05. The Balaban J connectivity index is 2.32. The van der Waals surface area contributed by atoms with E-state index in [1.165, 1.54) is 12.1 Å². The normalized spacial score (nSPS) is 13.8. The molecule has 2 rings (SSSR count). The molecular formula is C16H17ClFNO2. The lowest BCUT2D eigenvalue weighted by molar-refractivity contribution is 0.147. The Hall–Kier alpha value is -1.62. The second kappa shape index (κ2) is 6.89. The highest BCUT2D eigenvalue weighted by Crippen LogP contribution is 2.33. The van der Waals surface area contributed by atoms with Gasteiger partial charge in [0, 0.05) is 12.5 Å². The summed E-state index contributed by atoms with van der Waals surface area (Å²) in [4.78, 5) is 0. The number of halogens is 2. The molecule has 2 atom stereocenters. The lowest BCUT2D eigenvalue weighted by Gasteiger charge is -2.23. The minimum absolute atomic E-state index is 0.0247. The third-order valence-electron chi connectivity index (χ3n) is 3.44.